The van der Waals surface area contributed by atoms with Crippen LogP contribution in [0.5, 0.6) is 0 Å². The Balaban J connectivity index is 2.13. The van der Waals surface area contributed by atoms with Crippen molar-refractivity contribution in [2.24, 2.45) is 16.7 Å². The van der Waals surface area contributed by atoms with E-state index in [1.54, 1.807) is 6.08 Å². The van der Waals surface area contributed by atoms with E-state index in [1.165, 1.54) is 18.9 Å². The van der Waals surface area contributed by atoms with Crippen molar-refractivity contribution in [3.8, 4) is 0 Å². The zero-order chi connectivity index (χ0) is 12.0. The summed E-state index contributed by atoms with van der Waals surface area (Å²) in [5.74, 6) is 0.540. The van der Waals surface area contributed by atoms with Crippen LogP contribution in [0.25, 0.3) is 0 Å². The maximum absolute atomic E-state index is 11.5. The smallest absolute Gasteiger partial charge is 0.330 e. The molecule has 90 valence electrons. The van der Waals surface area contributed by atoms with Crippen molar-refractivity contribution in [1.29, 1.82) is 0 Å². The van der Waals surface area contributed by atoms with Gasteiger partial charge in [0.25, 0.3) is 0 Å². The van der Waals surface area contributed by atoms with Gasteiger partial charge in [0.2, 0.25) is 0 Å². The van der Waals surface area contributed by atoms with Crippen LogP contribution in [0.4, 0.5) is 0 Å². The lowest BCUT2D eigenvalue weighted by Gasteiger charge is -2.38. The fraction of sp³-hybridized carbons (Fsp3) is 0.786. The Bertz CT molecular complexity index is 330. The quantitative estimate of drug-likeness (QED) is 0.529. The summed E-state index contributed by atoms with van der Waals surface area (Å²) >= 11 is 0. The van der Waals surface area contributed by atoms with E-state index in [4.69, 9.17) is 4.74 Å². The predicted octanol–water partition coefficient (Wildman–Crippen LogP) is 3.32. The molecule has 2 aliphatic rings. The summed E-state index contributed by atoms with van der Waals surface area (Å²) in [7, 11) is 0. The molecule has 0 spiro atoms. The Labute approximate surface area is 98.1 Å². The molecule has 0 aromatic rings. The molecule has 0 saturated heterocycles. The van der Waals surface area contributed by atoms with Gasteiger partial charge >= 0.3 is 5.97 Å². The second-order valence-electron chi connectivity index (χ2n) is 6.04. The number of hydrogen-bond donors (Lipinski definition) is 0. The van der Waals surface area contributed by atoms with E-state index >= 15 is 0 Å². The molecule has 2 fully saturated rings. The highest BCUT2D eigenvalue weighted by Crippen LogP contribution is 2.66. The highest BCUT2D eigenvalue weighted by molar-refractivity contribution is 5.82. The van der Waals surface area contributed by atoms with Crippen molar-refractivity contribution in [3.05, 3.63) is 12.2 Å². The zero-order valence-electron chi connectivity index (χ0n) is 10.7. The van der Waals surface area contributed by atoms with Crippen molar-refractivity contribution in [2.45, 2.75) is 53.1 Å². The third kappa shape index (κ3) is 1.42. The standard InChI is InChI=1S/C14H22O2/c1-5-6-12(15)16-11-9-10-7-8-14(11,4)13(10,2)3/h5-6,10-11H,7-9H2,1-4H3/b6-5+. The van der Waals surface area contributed by atoms with Crippen LogP contribution in [0.15, 0.2) is 12.2 Å². The van der Waals surface area contributed by atoms with Crippen molar-refractivity contribution in [2.75, 3.05) is 0 Å². The minimum absolute atomic E-state index is 0.116. The largest absolute Gasteiger partial charge is 0.459 e. The molecule has 2 rings (SSSR count). The minimum atomic E-state index is -0.183. The number of esters is 1. The van der Waals surface area contributed by atoms with Crippen molar-refractivity contribution < 1.29 is 9.53 Å². The lowest BCUT2D eigenvalue weighted by molar-refractivity contribution is -0.150. The van der Waals surface area contributed by atoms with Gasteiger partial charge < -0.3 is 4.74 Å². The molecule has 2 aliphatic carbocycles. The lowest BCUT2D eigenvalue weighted by atomic mass is 9.70. The molecule has 0 radical (unpaired) electrons. The molecule has 0 N–H and O–H groups in total. The van der Waals surface area contributed by atoms with Crippen LogP contribution in [0, 0.1) is 16.7 Å². The Hall–Kier alpha value is -0.790. The summed E-state index contributed by atoms with van der Waals surface area (Å²) in [4.78, 5) is 11.5. The highest BCUT2D eigenvalue weighted by Gasteiger charge is 2.62. The predicted molar refractivity (Wildman–Crippen MR) is 63.9 cm³/mol. The number of allylic oxidation sites excluding steroid dienone is 1. The molecule has 0 heterocycles. The van der Waals surface area contributed by atoms with E-state index in [9.17, 15) is 4.79 Å². The van der Waals surface area contributed by atoms with Gasteiger partial charge in [-0.25, -0.2) is 4.79 Å². The molecule has 0 aromatic heterocycles. The SMILES string of the molecule is C/C=C/C(=O)OC1CC2CCC1(C)C2(C)C. The molecule has 2 nitrogen and oxygen atoms in total. The second kappa shape index (κ2) is 3.61. The monoisotopic (exact) mass is 222 g/mol. The average Bonchev–Trinajstić information content (AvgIpc) is 2.51. The van der Waals surface area contributed by atoms with Crippen LogP contribution in [0.2, 0.25) is 0 Å². The van der Waals surface area contributed by atoms with Gasteiger partial charge in [-0.1, -0.05) is 26.8 Å². The first kappa shape index (κ1) is 11.7. The topological polar surface area (TPSA) is 26.3 Å². The average molecular weight is 222 g/mol. The van der Waals surface area contributed by atoms with Crippen molar-refractivity contribution >= 4 is 5.97 Å². The summed E-state index contributed by atoms with van der Waals surface area (Å²) in [6.07, 6.45) is 6.91. The molecule has 16 heavy (non-hydrogen) atoms. The Morgan fingerprint density at radius 2 is 2.06 bits per heavy atom. The molecule has 3 unspecified atom stereocenters. The molecular formula is C14H22O2. The number of fused-ring (bicyclic) bond motifs is 2. The maximum Gasteiger partial charge on any atom is 0.330 e. The van der Waals surface area contributed by atoms with Crippen molar-refractivity contribution in [3.63, 3.8) is 0 Å². The maximum atomic E-state index is 11.5. The summed E-state index contributed by atoms with van der Waals surface area (Å²) in [6, 6.07) is 0. The van der Waals surface area contributed by atoms with E-state index in [1.807, 2.05) is 6.92 Å². The molecule has 0 aromatic carbocycles. The van der Waals surface area contributed by atoms with E-state index in [-0.39, 0.29) is 17.5 Å². The first-order valence-electron chi connectivity index (χ1n) is 6.25. The molecular weight excluding hydrogens is 200 g/mol. The van der Waals surface area contributed by atoms with E-state index in [0.29, 0.717) is 5.41 Å². The van der Waals surface area contributed by atoms with Crippen LogP contribution in [0.3, 0.4) is 0 Å². The van der Waals surface area contributed by atoms with Gasteiger partial charge in [-0.3, -0.25) is 0 Å². The first-order chi connectivity index (χ1) is 7.41. The number of ether oxygens (including phenoxy) is 1. The summed E-state index contributed by atoms with van der Waals surface area (Å²) in [6.45, 7) is 8.78. The minimum Gasteiger partial charge on any atom is -0.459 e. The summed E-state index contributed by atoms with van der Waals surface area (Å²) < 4.78 is 5.60. The van der Waals surface area contributed by atoms with E-state index in [0.717, 1.165) is 12.3 Å². The fourth-order valence-corrected chi connectivity index (χ4v) is 3.62. The lowest BCUT2D eigenvalue weighted by Crippen LogP contribution is -2.38. The summed E-state index contributed by atoms with van der Waals surface area (Å²) in [5, 5.41) is 0. The Kier molecular flexibility index (Phi) is 2.64. The van der Waals surface area contributed by atoms with Gasteiger partial charge in [0.1, 0.15) is 6.10 Å². The van der Waals surface area contributed by atoms with E-state index in [2.05, 4.69) is 20.8 Å². The molecule has 0 aliphatic heterocycles. The summed E-state index contributed by atoms with van der Waals surface area (Å²) in [5.41, 5.74) is 0.489. The van der Waals surface area contributed by atoms with Crippen LogP contribution in [-0.4, -0.2) is 12.1 Å². The fourth-order valence-electron chi connectivity index (χ4n) is 3.62. The third-order valence-electron chi connectivity index (χ3n) is 5.28. The molecule has 0 amide bonds. The van der Waals surface area contributed by atoms with Gasteiger partial charge in [-0.05, 0) is 37.5 Å². The van der Waals surface area contributed by atoms with Gasteiger partial charge in [-0.15, -0.1) is 0 Å². The highest BCUT2D eigenvalue weighted by atomic mass is 16.5. The number of rotatable bonds is 2. The number of carbonyl (C=O) groups excluding carboxylic acids is 1. The zero-order valence-corrected chi connectivity index (χ0v) is 10.7. The van der Waals surface area contributed by atoms with Crippen LogP contribution < -0.4 is 0 Å². The van der Waals surface area contributed by atoms with E-state index < -0.39 is 0 Å². The number of carbonyl (C=O) groups is 1. The van der Waals surface area contributed by atoms with Crippen LogP contribution in [-0.2, 0) is 9.53 Å². The normalized spacial score (nSPS) is 40.5. The Morgan fingerprint density at radius 1 is 1.38 bits per heavy atom. The second-order valence-corrected chi connectivity index (χ2v) is 6.04. The van der Waals surface area contributed by atoms with Gasteiger partial charge in [-0.2, -0.15) is 0 Å². The van der Waals surface area contributed by atoms with Gasteiger partial charge in [0, 0.05) is 11.5 Å². The third-order valence-corrected chi connectivity index (χ3v) is 5.28. The molecule has 3 atom stereocenters. The molecule has 2 saturated carbocycles. The first-order valence-corrected chi connectivity index (χ1v) is 6.25. The molecule has 2 heteroatoms. The van der Waals surface area contributed by atoms with Crippen LogP contribution >= 0.6 is 0 Å². The Morgan fingerprint density at radius 3 is 2.50 bits per heavy atom. The van der Waals surface area contributed by atoms with Gasteiger partial charge in [0.05, 0.1) is 0 Å². The van der Waals surface area contributed by atoms with Crippen LogP contribution in [0.1, 0.15) is 47.0 Å². The van der Waals surface area contributed by atoms with Crippen molar-refractivity contribution in [1.82, 2.24) is 0 Å². The van der Waals surface area contributed by atoms with Gasteiger partial charge in [0.15, 0.2) is 0 Å². The molecule has 2 bridgehead atoms. The number of hydrogen-bond acceptors (Lipinski definition) is 2.